The van der Waals surface area contributed by atoms with Gasteiger partial charge in [0.1, 0.15) is 18.2 Å². The molecule has 0 saturated heterocycles. The number of benzene rings is 2. The van der Waals surface area contributed by atoms with E-state index in [1.807, 2.05) is 0 Å². The van der Waals surface area contributed by atoms with Crippen molar-refractivity contribution in [3.05, 3.63) is 70.0 Å². The van der Waals surface area contributed by atoms with Gasteiger partial charge in [-0.25, -0.2) is 4.39 Å². The van der Waals surface area contributed by atoms with Gasteiger partial charge >= 0.3 is 0 Å². The van der Waals surface area contributed by atoms with Crippen molar-refractivity contribution < 1.29 is 14.1 Å². The van der Waals surface area contributed by atoms with Crippen LogP contribution >= 0.6 is 0 Å². The molecule has 2 rings (SSSR count). The van der Waals surface area contributed by atoms with Gasteiger partial charge in [0, 0.05) is 12.1 Å². The Bertz CT molecular complexity index is 537. The average Bonchev–Trinajstić information content (AvgIpc) is 2.38. The summed E-state index contributed by atoms with van der Waals surface area (Å²) in [5.41, 5.74) is 0.846. The molecule has 92 valence electrons. The van der Waals surface area contributed by atoms with Crippen molar-refractivity contribution >= 4 is 5.69 Å². The molecule has 0 spiro atoms. The first-order valence-corrected chi connectivity index (χ1v) is 5.27. The number of nitrogens with zero attached hydrogens (tertiary/aromatic N) is 1. The summed E-state index contributed by atoms with van der Waals surface area (Å²) in [7, 11) is 0. The van der Waals surface area contributed by atoms with Crippen LogP contribution in [0.3, 0.4) is 0 Å². The highest BCUT2D eigenvalue weighted by Gasteiger charge is 2.04. The molecule has 5 heteroatoms. The van der Waals surface area contributed by atoms with E-state index in [4.69, 9.17) is 4.74 Å². The summed E-state index contributed by atoms with van der Waals surface area (Å²) in [5.74, 6) is 0.235. The summed E-state index contributed by atoms with van der Waals surface area (Å²) in [6.45, 7) is 0.290. The summed E-state index contributed by atoms with van der Waals surface area (Å²) >= 11 is 0. The third-order valence-electron chi connectivity index (χ3n) is 2.37. The number of hydrogen-bond donors (Lipinski definition) is 0. The first kappa shape index (κ1) is 12.0. The summed E-state index contributed by atoms with van der Waals surface area (Å²) in [4.78, 5) is 9.98. The zero-order valence-electron chi connectivity index (χ0n) is 9.38. The Morgan fingerprint density at radius 2 is 1.67 bits per heavy atom. The second-order valence-corrected chi connectivity index (χ2v) is 3.67. The molecule has 18 heavy (non-hydrogen) atoms. The highest BCUT2D eigenvalue weighted by molar-refractivity contribution is 5.36. The average molecular weight is 247 g/mol. The second kappa shape index (κ2) is 5.27. The molecule has 0 fully saturated rings. The molecule has 0 aliphatic heterocycles. The van der Waals surface area contributed by atoms with Crippen molar-refractivity contribution in [1.82, 2.24) is 0 Å². The minimum atomic E-state index is -0.468. The van der Waals surface area contributed by atoms with E-state index >= 15 is 0 Å². The lowest BCUT2D eigenvalue weighted by Crippen LogP contribution is -1.95. The second-order valence-electron chi connectivity index (χ2n) is 3.67. The van der Waals surface area contributed by atoms with Crippen LogP contribution < -0.4 is 4.74 Å². The molecule has 0 aliphatic rings. The van der Waals surface area contributed by atoms with Crippen LogP contribution in [0.25, 0.3) is 0 Å². The Balaban J connectivity index is 1.97. The van der Waals surface area contributed by atoms with Crippen LogP contribution in [-0.4, -0.2) is 4.92 Å². The van der Waals surface area contributed by atoms with Crippen molar-refractivity contribution in [2.75, 3.05) is 0 Å². The number of nitro groups is 1. The molecule has 0 bridgehead atoms. The van der Waals surface area contributed by atoms with Gasteiger partial charge in [-0.15, -0.1) is 0 Å². The van der Waals surface area contributed by atoms with Crippen molar-refractivity contribution in [3.8, 4) is 5.75 Å². The van der Waals surface area contributed by atoms with Crippen LogP contribution in [0.4, 0.5) is 10.1 Å². The summed E-state index contributed by atoms with van der Waals surface area (Å²) in [6.07, 6.45) is 0. The molecule has 0 radical (unpaired) electrons. The lowest BCUT2D eigenvalue weighted by molar-refractivity contribution is -0.384. The maximum Gasteiger partial charge on any atom is 0.269 e. The van der Waals surface area contributed by atoms with E-state index < -0.39 is 4.92 Å². The molecule has 0 aliphatic carbocycles. The predicted molar refractivity (Wildman–Crippen MR) is 63.8 cm³/mol. The quantitative estimate of drug-likeness (QED) is 0.615. The number of halogens is 1. The summed E-state index contributed by atoms with van der Waals surface area (Å²) < 4.78 is 18.1. The fourth-order valence-corrected chi connectivity index (χ4v) is 1.41. The molecular formula is C13H10FNO3. The van der Waals surface area contributed by atoms with E-state index in [2.05, 4.69) is 0 Å². The fraction of sp³-hybridized carbons (Fsp3) is 0.0769. The molecular weight excluding hydrogens is 237 g/mol. The summed E-state index contributed by atoms with van der Waals surface area (Å²) in [5, 5.41) is 10.5. The van der Waals surface area contributed by atoms with Gasteiger partial charge < -0.3 is 4.74 Å². The van der Waals surface area contributed by atoms with Crippen molar-refractivity contribution in [2.24, 2.45) is 0 Å². The van der Waals surface area contributed by atoms with E-state index in [1.165, 1.54) is 36.4 Å². The highest BCUT2D eigenvalue weighted by Crippen LogP contribution is 2.18. The van der Waals surface area contributed by atoms with Crippen LogP contribution in [0.2, 0.25) is 0 Å². The van der Waals surface area contributed by atoms with Gasteiger partial charge in [-0.1, -0.05) is 12.1 Å². The smallest absolute Gasteiger partial charge is 0.269 e. The Morgan fingerprint density at radius 3 is 2.22 bits per heavy atom. The van der Waals surface area contributed by atoms with Gasteiger partial charge in [-0.2, -0.15) is 0 Å². The van der Waals surface area contributed by atoms with E-state index in [0.29, 0.717) is 5.75 Å². The van der Waals surface area contributed by atoms with Gasteiger partial charge in [0.15, 0.2) is 0 Å². The van der Waals surface area contributed by atoms with Crippen LogP contribution in [-0.2, 0) is 6.61 Å². The normalized spacial score (nSPS) is 10.1. The number of rotatable bonds is 4. The first-order valence-electron chi connectivity index (χ1n) is 5.27. The van der Waals surface area contributed by atoms with Gasteiger partial charge in [-0.3, -0.25) is 10.1 Å². The standard InChI is InChI=1S/C13H10FNO3/c14-11-3-1-10(2-4-11)9-18-13-7-5-12(6-8-13)15(16)17/h1-8H,9H2. The third-order valence-corrected chi connectivity index (χ3v) is 2.37. The SMILES string of the molecule is O=[N+]([O-])c1ccc(OCc2ccc(F)cc2)cc1. The Morgan fingerprint density at radius 1 is 1.06 bits per heavy atom. The molecule has 0 heterocycles. The monoisotopic (exact) mass is 247 g/mol. The number of non-ortho nitro benzene ring substituents is 1. The van der Waals surface area contributed by atoms with Crippen molar-refractivity contribution in [3.63, 3.8) is 0 Å². The lowest BCUT2D eigenvalue weighted by Gasteiger charge is -2.05. The molecule has 0 amide bonds. The minimum Gasteiger partial charge on any atom is -0.489 e. The zero-order valence-corrected chi connectivity index (χ0v) is 9.38. The van der Waals surface area contributed by atoms with Crippen LogP contribution in [0.5, 0.6) is 5.75 Å². The third kappa shape index (κ3) is 3.04. The van der Waals surface area contributed by atoms with Crippen LogP contribution in [0.15, 0.2) is 48.5 Å². The van der Waals surface area contributed by atoms with Gasteiger partial charge in [-0.05, 0) is 29.8 Å². The molecule has 0 saturated carbocycles. The van der Waals surface area contributed by atoms with Gasteiger partial charge in [0.2, 0.25) is 0 Å². The molecule has 0 unspecified atom stereocenters. The van der Waals surface area contributed by atoms with Crippen LogP contribution in [0.1, 0.15) is 5.56 Å². The van der Waals surface area contributed by atoms with E-state index in [9.17, 15) is 14.5 Å². The van der Waals surface area contributed by atoms with E-state index in [-0.39, 0.29) is 18.1 Å². The highest BCUT2D eigenvalue weighted by atomic mass is 19.1. The number of nitro benzene ring substituents is 1. The number of hydrogen-bond acceptors (Lipinski definition) is 3. The Hall–Kier alpha value is -2.43. The largest absolute Gasteiger partial charge is 0.489 e. The molecule has 0 N–H and O–H groups in total. The molecule has 2 aromatic rings. The molecule has 4 nitrogen and oxygen atoms in total. The maximum atomic E-state index is 12.7. The lowest BCUT2D eigenvalue weighted by atomic mass is 10.2. The Labute approximate surface area is 103 Å². The van der Waals surface area contributed by atoms with Crippen LogP contribution in [0, 0.1) is 15.9 Å². The first-order chi connectivity index (χ1) is 8.65. The Kier molecular flexibility index (Phi) is 3.52. The number of ether oxygens (including phenoxy) is 1. The minimum absolute atomic E-state index is 0.0177. The topological polar surface area (TPSA) is 52.4 Å². The van der Waals surface area contributed by atoms with Crippen molar-refractivity contribution in [1.29, 1.82) is 0 Å². The molecule has 0 atom stereocenters. The fourth-order valence-electron chi connectivity index (χ4n) is 1.41. The van der Waals surface area contributed by atoms with Gasteiger partial charge in [0.05, 0.1) is 4.92 Å². The molecule has 2 aromatic carbocycles. The predicted octanol–water partition coefficient (Wildman–Crippen LogP) is 3.31. The van der Waals surface area contributed by atoms with Gasteiger partial charge in [0.25, 0.3) is 5.69 Å². The van der Waals surface area contributed by atoms with Crippen molar-refractivity contribution in [2.45, 2.75) is 6.61 Å². The molecule has 0 aromatic heterocycles. The van der Waals surface area contributed by atoms with E-state index in [0.717, 1.165) is 5.56 Å². The maximum absolute atomic E-state index is 12.7. The summed E-state index contributed by atoms with van der Waals surface area (Å²) in [6, 6.07) is 11.8. The van der Waals surface area contributed by atoms with E-state index in [1.54, 1.807) is 12.1 Å². The zero-order chi connectivity index (χ0) is 13.0.